The number of fused-ring (bicyclic) bond motifs is 2. The number of rotatable bonds is 2. The molecular formula is C19H19N3O2. The lowest BCUT2D eigenvalue weighted by Gasteiger charge is -2.25. The number of nitrogens with zero attached hydrogens (tertiary/aromatic N) is 3. The minimum atomic E-state index is -0.320. The van der Waals surface area contributed by atoms with Gasteiger partial charge >= 0.3 is 6.03 Å². The molecule has 4 rings (SSSR count). The van der Waals surface area contributed by atoms with Gasteiger partial charge in [-0.1, -0.05) is 36.4 Å². The highest BCUT2D eigenvalue weighted by Gasteiger charge is 2.46. The lowest BCUT2D eigenvalue weighted by Crippen LogP contribution is -2.38. The van der Waals surface area contributed by atoms with Gasteiger partial charge in [0.1, 0.15) is 6.04 Å². The molecule has 0 unspecified atom stereocenters. The van der Waals surface area contributed by atoms with E-state index >= 15 is 0 Å². The molecule has 2 heterocycles. The van der Waals surface area contributed by atoms with Crippen LogP contribution in [0.1, 0.15) is 31.7 Å². The number of urea groups is 1. The fourth-order valence-corrected chi connectivity index (χ4v) is 3.49. The smallest absolute Gasteiger partial charge is 0.311 e. The first kappa shape index (κ1) is 14.9. The van der Waals surface area contributed by atoms with Crippen LogP contribution in [0, 0.1) is 0 Å². The normalized spacial score (nSPS) is 21.5. The Morgan fingerprint density at radius 1 is 1.08 bits per heavy atom. The van der Waals surface area contributed by atoms with Gasteiger partial charge in [0, 0.05) is 6.54 Å². The highest BCUT2D eigenvalue weighted by atomic mass is 16.2. The summed E-state index contributed by atoms with van der Waals surface area (Å²) in [6.07, 6.45) is 2.68. The molecule has 3 amide bonds. The summed E-state index contributed by atoms with van der Waals surface area (Å²) in [6, 6.07) is 13.5. The third kappa shape index (κ3) is 2.37. The van der Waals surface area contributed by atoms with Crippen molar-refractivity contribution in [2.24, 2.45) is 5.10 Å². The molecule has 0 spiro atoms. The third-order valence-electron chi connectivity index (χ3n) is 4.84. The minimum absolute atomic E-state index is 0.195. The Balaban J connectivity index is 1.66. The van der Waals surface area contributed by atoms with E-state index in [9.17, 15) is 9.59 Å². The van der Waals surface area contributed by atoms with Gasteiger partial charge in [-0.3, -0.25) is 4.79 Å². The molecule has 2 saturated heterocycles. The van der Waals surface area contributed by atoms with E-state index < -0.39 is 0 Å². The molecule has 24 heavy (non-hydrogen) atoms. The monoisotopic (exact) mass is 321 g/mol. The molecule has 5 nitrogen and oxygen atoms in total. The molecule has 2 aromatic carbocycles. The van der Waals surface area contributed by atoms with E-state index in [4.69, 9.17) is 0 Å². The Morgan fingerprint density at radius 3 is 2.67 bits per heavy atom. The van der Waals surface area contributed by atoms with Gasteiger partial charge in [0.05, 0.1) is 5.71 Å². The summed E-state index contributed by atoms with van der Waals surface area (Å²) in [7, 11) is 0. The SMILES string of the molecule is C/C(=N\N1C(=O)[C@@H]2CCCCN2C1=O)c1ccc2ccccc2c1. The summed E-state index contributed by atoms with van der Waals surface area (Å²) in [6.45, 7) is 2.48. The summed E-state index contributed by atoms with van der Waals surface area (Å²) < 4.78 is 0. The molecule has 5 heteroatoms. The van der Waals surface area contributed by atoms with E-state index in [1.807, 2.05) is 43.3 Å². The van der Waals surface area contributed by atoms with Crippen molar-refractivity contribution in [3.05, 3.63) is 48.0 Å². The van der Waals surface area contributed by atoms with Crippen LogP contribution in [-0.4, -0.2) is 40.1 Å². The first-order valence-corrected chi connectivity index (χ1v) is 8.34. The van der Waals surface area contributed by atoms with E-state index in [1.54, 1.807) is 4.90 Å². The first-order valence-electron chi connectivity index (χ1n) is 8.34. The predicted octanol–water partition coefficient (Wildman–Crippen LogP) is 3.38. The van der Waals surface area contributed by atoms with Crippen molar-refractivity contribution in [3.8, 4) is 0 Å². The number of hydrazone groups is 1. The minimum Gasteiger partial charge on any atom is -0.311 e. The van der Waals surface area contributed by atoms with Gasteiger partial charge in [-0.2, -0.15) is 5.10 Å². The highest BCUT2D eigenvalue weighted by molar-refractivity contribution is 6.07. The predicted molar refractivity (Wildman–Crippen MR) is 92.7 cm³/mol. The van der Waals surface area contributed by atoms with Gasteiger partial charge in [0.25, 0.3) is 5.91 Å². The maximum Gasteiger partial charge on any atom is 0.348 e. The Labute approximate surface area is 140 Å². The second-order valence-corrected chi connectivity index (χ2v) is 6.38. The topological polar surface area (TPSA) is 53.0 Å². The van der Waals surface area contributed by atoms with Crippen molar-refractivity contribution in [2.75, 3.05) is 6.54 Å². The van der Waals surface area contributed by atoms with E-state index in [1.165, 1.54) is 0 Å². The average molecular weight is 321 g/mol. The van der Waals surface area contributed by atoms with Crippen molar-refractivity contribution in [3.63, 3.8) is 0 Å². The van der Waals surface area contributed by atoms with Crippen LogP contribution >= 0.6 is 0 Å². The lowest BCUT2D eigenvalue weighted by atomic mass is 10.0. The molecule has 2 aliphatic rings. The number of hydrogen-bond acceptors (Lipinski definition) is 3. The van der Waals surface area contributed by atoms with Crippen molar-refractivity contribution >= 4 is 28.4 Å². The number of imide groups is 1. The fourth-order valence-electron chi connectivity index (χ4n) is 3.49. The summed E-state index contributed by atoms with van der Waals surface area (Å²) in [5.41, 5.74) is 1.58. The summed E-state index contributed by atoms with van der Waals surface area (Å²) in [5, 5.41) is 7.67. The van der Waals surface area contributed by atoms with Crippen LogP contribution in [0.15, 0.2) is 47.6 Å². The van der Waals surface area contributed by atoms with Crippen LogP contribution in [0.4, 0.5) is 4.79 Å². The third-order valence-corrected chi connectivity index (χ3v) is 4.84. The van der Waals surface area contributed by atoms with Crippen molar-refractivity contribution in [2.45, 2.75) is 32.2 Å². The maximum atomic E-state index is 12.5. The maximum absolute atomic E-state index is 12.5. The van der Waals surface area contributed by atoms with Gasteiger partial charge in [-0.05, 0) is 48.6 Å². The standard InChI is InChI=1S/C19H19N3O2/c1-13(15-10-9-14-6-2-3-7-16(14)12-15)20-22-18(23)17-8-4-5-11-21(17)19(22)24/h2-3,6-7,9-10,12,17H,4-5,8,11H2,1H3/b20-13+/t17-/m0/s1. The number of benzene rings is 2. The largest absolute Gasteiger partial charge is 0.348 e. The number of piperidine rings is 1. The summed E-state index contributed by atoms with van der Waals surface area (Å²) in [5.74, 6) is -0.195. The Hall–Kier alpha value is -2.69. The van der Waals surface area contributed by atoms with Gasteiger partial charge in [0.15, 0.2) is 0 Å². The molecule has 0 saturated carbocycles. The fraction of sp³-hybridized carbons (Fsp3) is 0.316. The van der Waals surface area contributed by atoms with Gasteiger partial charge in [0.2, 0.25) is 0 Å². The van der Waals surface area contributed by atoms with E-state index in [-0.39, 0.29) is 18.0 Å². The number of amides is 3. The number of carbonyl (C=O) groups excluding carboxylic acids is 2. The van der Waals surface area contributed by atoms with Crippen LogP contribution in [0.2, 0.25) is 0 Å². The zero-order chi connectivity index (χ0) is 16.7. The Morgan fingerprint density at radius 2 is 1.88 bits per heavy atom. The van der Waals surface area contributed by atoms with Crippen LogP contribution in [0.5, 0.6) is 0 Å². The molecule has 0 N–H and O–H groups in total. The van der Waals surface area contributed by atoms with Crippen molar-refractivity contribution in [1.82, 2.24) is 9.91 Å². The second-order valence-electron chi connectivity index (χ2n) is 6.38. The van der Waals surface area contributed by atoms with Crippen molar-refractivity contribution < 1.29 is 9.59 Å². The molecule has 122 valence electrons. The van der Waals surface area contributed by atoms with Crippen LogP contribution < -0.4 is 0 Å². The second kappa shape index (κ2) is 5.74. The zero-order valence-corrected chi connectivity index (χ0v) is 13.6. The van der Waals surface area contributed by atoms with E-state index in [0.717, 1.165) is 40.6 Å². The average Bonchev–Trinajstić information content (AvgIpc) is 2.86. The summed E-state index contributed by atoms with van der Waals surface area (Å²) >= 11 is 0. The van der Waals surface area contributed by atoms with E-state index in [0.29, 0.717) is 12.3 Å². The van der Waals surface area contributed by atoms with Crippen LogP contribution in [0.25, 0.3) is 10.8 Å². The molecule has 2 fully saturated rings. The zero-order valence-electron chi connectivity index (χ0n) is 13.6. The Bertz CT molecular complexity index is 835. The van der Waals surface area contributed by atoms with Crippen molar-refractivity contribution in [1.29, 1.82) is 0 Å². The quantitative estimate of drug-likeness (QED) is 0.629. The molecule has 0 bridgehead atoms. The van der Waals surface area contributed by atoms with Gasteiger partial charge in [-0.25, -0.2) is 4.79 Å². The highest BCUT2D eigenvalue weighted by Crippen LogP contribution is 2.27. The van der Waals surface area contributed by atoms with E-state index in [2.05, 4.69) is 11.2 Å². The first-order chi connectivity index (χ1) is 11.6. The molecule has 0 aromatic heterocycles. The molecule has 0 aliphatic carbocycles. The van der Waals surface area contributed by atoms with Crippen LogP contribution in [0.3, 0.4) is 0 Å². The molecule has 0 radical (unpaired) electrons. The molecule has 2 aromatic rings. The number of carbonyl (C=O) groups is 2. The molecule has 2 aliphatic heterocycles. The lowest BCUT2D eigenvalue weighted by molar-refractivity contribution is -0.128. The van der Waals surface area contributed by atoms with Crippen LogP contribution in [-0.2, 0) is 4.79 Å². The molecule has 1 atom stereocenters. The van der Waals surface area contributed by atoms with Gasteiger partial charge < -0.3 is 4.90 Å². The van der Waals surface area contributed by atoms with Gasteiger partial charge in [-0.15, -0.1) is 5.01 Å². The summed E-state index contributed by atoms with van der Waals surface area (Å²) in [4.78, 5) is 26.6. The molecular weight excluding hydrogens is 302 g/mol. The Kier molecular flexibility index (Phi) is 3.56. The number of hydrogen-bond donors (Lipinski definition) is 0.